The molecule has 2 fully saturated rings. The molecular formula is C12H21N3O3. The first-order chi connectivity index (χ1) is 8.55. The lowest BCUT2D eigenvalue weighted by molar-refractivity contribution is -0.146. The summed E-state index contributed by atoms with van der Waals surface area (Å²) in [4.78, 5) is 14.3. The molecule has 102 valence electrons. The van der Waals surface area contributed by atoms with Gasteiger partial charge in [0.2, 0.25) is 5.91 Å². The zero-order valence-electron chi connectivity index (χ0n) is 10.7. The summed E-state index contributed by atoms with van der Waals surface area (Å²) < 4.78 is 0. The summed E-state index contributed by atoms with van der Waals surface area (Å²) >= 11 is 0. The molecule has 0 spiro atoms. The van der Waals surface area contributed by atoms with Gasteiger partial charge in [0.05, 0.1) is 12.6 Å². The Bertz CT molecular complexity index is 364. The Morgan fingerprint density at radius 3 is 2.72 bits per heavy atom. The Morgan fingerprint density at radius 1 is 1.56 bits per heavy atom. The van der Waals surface area contributed by atoms with Crippen molar-refractivity contribution in [2.75, 3.05) is 13.2 Å². The second kappa shape index (κ2) is 4.76. The summed E-state index contributed by atoms with van der Waals surface area (Å²) in [5.74, 6) is 0.325. The second-order valence-electron chi connectivity index (χ2n) is 5.56. The third-order valence-corrected chi connectivity index (χ3v) is 4.25. The summed E-state index contributed by atoms with van der Waals surface area (Å²) in [5, 5.41) is 21.2. The van der Waals surface area contributed by atoms with Crippen LogP contribution in [0, 0.1) is 11.3 Å². The van der Waals surface area contributed by atoms with Crippen LogP contribution in [0.15, 0.2) is 5.16 Å². The molecular weight excluding hydrogens is 234 g/mol. The predicted octanol–water partition coefficient (Wildman–Crippen LogP) is 0.132. The fraction of sp³-hybridized carbons (Fsp3) is 0.833. The van der Waals surface area contributed by atoms with E-state index in [4.69, 9.17) is 10.9 Å². The Kier molecular flexibility index (Phi) is 3.47. The Hall–Kier alpha value is -1.30. The summed E-state index contributed by atoms with van der Waals surface area (Å²) in [6.45, 7) is 2.68. The van der Waals surface area contributed by atoms with Gasteiger partial charge in [0.1, 0.15) is 5.41 Å². The number of aliphatic hydroxyl groups excluding tert-OH is 1. The van der Waals surface area contributed by atoms with E-state index in [-0.39, 0.29) is 24.4 Å². The molecule has 1 amide bonds. The average molecular weight is 255 g/mol. The molecule has 1 saturated heterocycles. The predicted molar refractivity (Wildman–Crippen MR) is 66.1 cm³/mol. The van der Waals surface area contributed by atoms with E-state index in [1.54, 1.807) is 4.90 Å². The first-order valence-electron chi connectivity index (χ1n) is 6.45. The number of amidine groups is 1. The zero-order chi connectivity index (χ0) is 13.3. The van der Waals surface area contributed by atoms with Gasteiger partial charge in [-0.2, -0.15) is 0 Å². The van der Waals surface area contributed by atoms with E-state index in [0.717, 1.165) is 12.8 Å². The van der Waals surface area contributed by atoms with Crippen LogP contribution in [0.2, 0.25) is 0 Å². The molecule has 1 aliphatic heterocycles. The highest BCUT2D eigenvalue weighted by Crippen LogP contribution is 2.47. The fourth-order valence-corrected chi connectivity index (χ4v) is 3.29. The maximum Gasteiger partial charge on any atom is 0.236 e. The average Bonchev–Trinajstić information content (AvgIpc) is 2.80. The molecule has 1 aliphatic carbocycles. The number of carbonyl (C=O) groups is 1. The second-order valence-corrected chi connectivity index (χ2v) is 5.56. The van der Waals surface area contributed by atoms with Crippen LogP contribution in [0.25, 0.3) is 0 Å². The first kappa shape index (κ1) is 13.1. The van der Waals surface area contributed by atoms with E-state index in [1.165, 1.54) is 0 Å². The number of aliphatic hydroxyl groups is 1. The minimum atomic E-state index is -0.841. The van der Waals surface area contributed by atoms with Gasteiger partial charge in [0.25, 0.3) is 0 Å². The van der Waals surface area contributed by atoms with Crippen LogP contribution in [0.1, 0.15) is 32.6 Å². The van der Waals surface area contributed by atoms with Crippen LogP contribution in [-0.2, 0) is 4.79 Å². The number of nitrogens with zero attached hydrogens (tertiary/aromatic N) is 2. The number of likely N-dealkylation sites (tertiary alicyclic amines) is 1. The third kappa shape index (κ3) is 1.84. The van der Waals surface area contributed by atoms with Crippen molar-refractivity contribution in [1.29, 1.82) is 0 Å². The number of nitrogens with two attached hydrogens (primary N) is 1. The molecule has 0 bridgehead atoms. The van der Waals surface area contributed by atoms with E-state index < -0.39 is 5.41 Å². The highest BCUT2D eigenvalue weighted by atomic mass is 16.4. The molecule has 0 aromatic heterocycles. The fourth-order valence-electron chi connectivity index (χ4n) is 3.29. The monoisotopic (exact) mass is 255 g/mol. The lowest BCUT2D eigenvalue weighted by Crippen LogP contribution is -2.58. The van der Waals surface area contributed by atoms with Crippen LogP contribution >= 0.6 is 0 Å². The Morgan fingerprint density at radius 2 is 2.22 bits per heavy atom. The van der Waals surface area contributed by atoms with Crippen molar-refractivity contribution in [3.8, 4) is 0 Å². The quantitative estimate of drug-likeness (QED) is 0.289. The van der Waals surface area contributed by atoms with Gasteiger partial charge >= 0.3 is 0 Å². The normalized spacial score (nSPS) is 36.6. The van der Waals surface area contributed by atoms with E-state index in [9.17, 15) is 9.90 Å². The molecule has 1 heterocycles. The molecule has 18 heavy (non-hydrogen) atoms. The van der Waals surface area contributed by atoms with E-state index in [1.807, 2.05) is 6.92 Å². The molecule has 1 saturated carbocycles. The number of hydrogen-bond acceptors (Lipinski definition) is 4. The van der Waals surface area contributed by atoms with Gasteiger partial charge in [-0.3, -0.25) is 4.79 Å². The van der Waals surface area contributed by atoms with Crippen LogP contribution < -0.4 is 5.73 Å². The SMILES string of the molecule is CC1CC(C(=O)N2CCCC2CO)(C(N)=NO)C1. The standard InChI is InChI=1S/C12H21N3O3/c1-8-5-12(6-8,10(13)14-18)11(17)15-4-2-3-9(15)7-16/h8-9,16,18H,2-7H2,1H3,(H2,13,14). The molecule has 0 aromatic rings. The van der Waals surface area contributed by atoms with Gasteiger partial charge < -0.3 is 20.9 Å². The van der Waals surface area contributed by atoms with Gasteiger partial charge in [-0.05, 0) is 31.6 Å². The topological polar surface area (TPSA) is 99.2 Å². The van der Waals surface area contributed by atoms with Crippen molar-refractivity contribution in [2.24, 2.45) is 22.2 Å². The van der Waals surface area contributed by atoms with Crippen molar-refractivity contribution in [3.63, 3.8) is 0 Å². The van der Waals surface area contributed by atoms with Crippen molar-refractivity contribution in [1.82, 2.24) is 4.90 Å². The molecule has 6 nitrogen and oxygen atoms in total. The summed E-state index contributed by atoms with van der Waals surface area (Å²) in [5.41, 5.74) is 4.88. The highest BCUT2D eigenvalue weighted by molar-refractivity contribution is 6.07. The summed E-state index contributed by atoms with van der Waals surface area (Å²) in [6, 6.07) is -0.114. The van der Waals surface area contributed by atoms with Crippen LogP contribution in [0.3, 0.4) is 0 Å². The number of oxime groups is 1. The lowest BCUT2D eigenvalue weighted by Gasteiger charge is -2.46. The van der Waals surface area contributed by atoms with Gasteiger partial charge in [-0.1, -0.05) is 12.1 Å². The molecule has 2 aliphatic rings. The van der Waals surface area contributed by atoms with Crippen LogP contribution in [0.4, 0.5) is 0 Å². The van der Waals surface area contributed by atoms with E-state index in [0.29, 0.717) is 25.3 Å². The van der Waals surface area contributed by atoms with Crippen molar-refractivity contribution >= 4 is 11.7 Å². The molecule has 0 radical (unpaired) electrons. The first-order valence-corrected chi connectivity index (χ1v) is 6.45. The van der Waals surface area contributed by atoms with E-state index in [2.05, 4.69) is 5.16 Å². The van der Waals surface area contributed by atoms with Crippen LogP contribution in [-0.4, -0.2) is 46.1 Å². The molecule has 1 unspecified atom stereocenters. The maximum atomic E-state index is 12.6. The molecule has 2 rings (SSSR count). The summed E-state index contributed by atoms with van der Waals surface area (Å²) in [6.07, 6.45) is 2.97. The number of carbonyl (C=O) groups excluding carboxylic acids is 1. The van der Waals surface area contributed by atoms with Gasteiger partial charge in [-0.25, -0.2) is 0 Å². The molecule has 1 atom stereocenters. The Labute approximate surface area is 106 Å². The Balaban J connectivity index is 2.20. The minimum Gasteiger partial charge on any atom is -0.409 e. The number of rotatable bonds is 3. The molecule has 0 aromatic carbocycles. The largest absolute Gasteiger partial charge is 0.409 e. The van der Waals surface area contributed by atoms with Crippen molar-refractivity contribution < 1.29 is 15.1 Å². The van der Waals surface area contributed by atoms with Gasteiger partial charge in [0.15, 0.2) is 5.84 Å². The number of amides is 1. The molecule has 6 heteroatoms. The lowest BCUT2D eigenvalue weighted by atomic mass is 9.61. The maximum absolute atomic E-state index is 12.6. The smallest absolute Gasteiger partial charge is 0.236 e. The number of hydrogen-bond donors (Lipinski definition) is 3. The van der Waals surface area contributed by atoms with Crippen molar-refractivity contribution in [2.45, 2.75) is 38.6 Å². The van der Waals surface area contributed by atoms with Gasteiger partial charge in [-0.15, -0.1) is 0 Å². The van der Waals surface area contributed by atoms with Gasteiger partial charge in [0, 0.05) is 6.54 Å². The van der Waals surface area contributed by atoms with Crippen LogP contribution in [0.5, 0.6) is 0 Å². The zero-order valence-corrected chi connectivity index (χ0v) is 10.7. The third-order valence-electron chi connectivity index (χ3n) is 4.25. The highest BCUT2D eigenvalue weighted by Gasteiger charge is 2.54. The summed E-state index contributed by atoms with van der Waals surface area (Å²) in [7, 11) is 0. The van der Waals surface area contributed by atoms with Crippen molar-refractivity contribution in [3.05, 3.63) is 0 Å². The molecule has 4 N–H and O–H groups in total. The minimum absolute atomic E-state index is 0.00851. The van der Waals surface area contributed by atoms with E-state index >= 15 is 0 Å².